The summed E-state index contributed by atoms with van der Waals surface area (Å²) in [7, 11) is 0. The van der Waals surface area contributed by atoms with E-state index in [-0.39, 0.29) is 10.9 Å². The van der Waals surface area contributed by atoms with Gasteiger partial charge in [0.05, 0.1) is 11.1 Å². The lowest BCUT2D eigenvalue weighted by Gasteiger charge is -2.06. The lowest BCUT2D eigenvalue weighted by molar-refractivity contribution is 0.0699. The maximum absolute atomic E-state index is 13.5. The van der Waals surface area contributed by atoms with E-state index in [2.05, 4.69) is 20.9 Å². The van der Waals surface area contributed by atoms with E-state index in [4.69, 9.17) is 4.42 Å². The van der Waals surface area contributed by atoms with Crippen molar-refractivity contribution in [2.45, 2.75) is 0 Å². The van der Waals surface area contributed by atoms with Crippen LogP contribution in [0.3, 0.4) is 0 Å². The predicted octanol–water partition coefficient (Wildman–Crippen LogP) is 5.76. The zero-order valence-electron chi connectivity index (χ0n) is 13.2. The second-order valence-electron chi connectivity index (χ2n) is 5.67. The van der Waals surface area contributed by atoms with Crippen molar-refractivity contribution in [2.24, 2.45) is 0 Å². The summed E-state index contributed by atoms with van der Waals surface area (Å²) in [5.41, 5.74) is 1.61. The average molecular weight is 412 g/mol. The van der Waals surface area contributed by atoms with Crippen LogP contribution in [0.4, 0.5) is 4.39 Å². The molecular weight excluding hydrogens is 401 g/mol. The molecule has 2 aromatic carbocycles. The summed E-state index contributed by atoms with van der Waals surface area (Å²) in [5, 5.41) is 9.73. The second kappa shape index (κ2) is 6.38. The van der Waals surface area contributed by atoms with Gasteiger partial charge in [-0.1, -0.05) is 34.1 Å². The first kappa shape index (κ1) is 16.5. The fourth-order valence-corrected chi connectivity index (χ4v) is 3.26. The van der Waals surface area contributed by atoms with Crippen LogP contribution in [0.1, 0.15) is 10.4 Å². The number of aromatic carboxylic acids is 1. The molecule has 0 unspecified atom stereocenters. The summed E-state index contributed by atoms with van der Waals surface area (Å²) in [6.07, 6.45) is 0. The monoisotopic (exact) mass is 411 g/mol. The topological polar surface area (TPSA) is 63.3 Å². The summed E-state index contributed by atoms with van der Waals surface area (Å²) in [5.74, 6) is -0.597. The Morgan fingerprint density at radius 2 is 1.81 bits per heavy atom. The third kappa shape index (κ3) is 2.88. The van der Waals surface area contributed by atoms with E-state index < -0.39 is 11.8 Å². The Hall–Kier alpha value is -2.99. The van der Waals surface area contributed by atoms with Crippen molar-refractivity contribution in [3.8, 4) is 22.8 Å². The molecule has 26 heavy (non-hydrogen) atoms. The number of furan rings is 1. The number of fused-ring (bicyclic) bond motifs is 1. The Morgan fingerprint density at radius 1 is 1.04 bits per heavy atom. The Balaban J connectivity index is 1.86. The lowest BCUT2D eigenvalue weighted by Crippen LogP contribution is -2.00. The largest absolute Gasteiger partial charge is 0.478 e. The Morgan fingerprint density at radius 3 is 2.58 bits per heavy atom. The molecule has 0 fully saturated rings. The first-order valence-electron chi connectivity index (χ1n) is 7.71. The molecule has 0 aliphatic rings. The summed E-state index contributed by atoms with van der Waals surface area (Å²) in [4.78, 5) is 16.0. The van der Waals surface area contributed by atoms with E-state index >= 15 is 0 Å². The van der Waals surface area contributed by atoms with Crippen LogP contribution >= 0.6 is 15.9 Å². The molecule has 0 aliphatic heterocycles. The van der Waals surface area contributed by atoms with E-state index in [1.165, 1.54) is 24.3 Å². The highest BCUT2D eigenvalue weighted by Crippen LogP contribution is 2.33. The summed E-state index contributed by atoms with van der Waals surface area (Å²) >= 11 is 3.48. The molecular formula is C20H11BrFNO3. The van der Waals surface area contributed by atoms with Crippen LogP contribution in [0, 0.1) is 5.82 Å². The van der Waals surface area contributed by atoms with Gasteiger partial charge in [0, 0.05) is 15.4 Å². The van der Waals surface area contributed by atoms with E-state index in [0.29, 0.717) is 22.7 Å². The van der Waals surface area contributed by atoms with Crippen molar-refractivity contribution in [2.75, 3.05) is 0 Å². The molecule has 0 radical (unpaired) electrons. The van der Waals surface area contributed by atoms with Gasteiger partial charge in [0.1, 0.15) is 17.3 Å². The number of hydrogen-bond acceptors (Lipinski definition) is 3. The normalized spacial score (nSPS) is 11.0. The van der Waals surface area contributed by atoms with Crippen LogP contribution < -0.4 is 0 Å². The third-order valence-corrected chi connectivity index (χ3v) is 4.69. The Bertz CT molecular complexity index is 1150. The van der Waals surface area contributed by atoms with Gasteiger partial charge < -0.3 is 9.52 Å². The molecule has 4 rings (SSSR count). The fourth-order valence-electron chi connectivity index (χ4n) is 2.78. The molecule has 4 nitrogen and oxygen atoms in total. The van der Waals surface area contributed by atoms with Crippen molar-refractivity contribution < 1.29 is 18.7 Å². The molecule has 1 N–H and O–H groups in total. The Labute approximate surface area is 156 Å². The van der Waals surface area contributed by atoms with Crippen molar-refractivity contribution in [3.05, 3.63) is 76.5 Å². The van der Waals surface area contributed by atoms with Gasteiger partial charge >= 0.3 is 5.97 Å². The van der Waals surface area contributed by atoms with Gasteiger partial charge in [-0.15, -0.1) is 0 Å². The minimum atomic E-state index is -1.15. The number of carboxylic acids is 1. The van der Waals surface area contributed by atoms with Crippen LogP contribution in [-0.4, -0.2) is 16.1 Å². The zero-order valence-corrected chi connectivity index (χ0v) is 14.8. The minimum absolute atomic E-state index is 0.0247. The van der Waals surface area contributed by atoms with Gasteiger partial charge in [-0.2, -0.15) is 0 Å². The highest BCUT2D eigenvalue weighted by atomic mass is 79.9. The number of halogens is 2. The quantitative estimate of drug-likeness (QED) is 0.465. The zero-order chi connectivity index (χ0) is 18.3. The van der Waals surface area contributed by atoms with Crippen LogP contribution in [0.15, 0.2) is 69.6 Å². The molecule has 0 atom stereocenters. The van der Waals surface area contributed by atoms with E-state index in [1.54, 1.807) is 12.1 Å². The molecule has 0 spiro atoms. The first-order chi connectivity index (χ1) is 12.5. The smallest absolute Gasteiger partial charge is 0.336 e. The molecule has 2 heterocycles. The number of benzene rings is 2. The third-order valence-electron chi connectivity index (χ3n) is 4.00. The van der Waals surface area contributed by atoms with Gasteiger partial charge in [0.25, 0.3) is 0 Å². The maximum atomic E-state index is 13.5. The number of carboxylic acid groups (broad SMARTS) is 1. The summed E-state index contributed by atoms with van der Waals surface area (Å²) in [6, 6.07) is 16.4. The summed E-state index contributed by atoms with van der Waals surface area (Å²) in [6.45, 7) is 0. The Kier molecular flexibility index (Phi) is 4.05. The molecule has 0 aliphatic carbocycles. The van der Waals surface area contributed by atoms with Gasteiger partial charge in [-0.3, -0.25) is 0 Å². The molecule has 4 aromatic rings. The molecule has 0 saturated carbocycles. The van der Waals surface area contributed by atoms with Crippen molar-refractivity contribution in [1.29, 1.82) is 0 Å². The van der Waals surface area contributed by atoms with Crippen LogP contribution in [0.5, 0.6) is 0 Å². The lowest BCUT2D eigenvalue weighted by atomic mass is 10.1. The molecule has 128 valence electrons. The molecule has 6 heteroatoms. The first-order valence-corrected chi connectivity index (χ1v) is 8.51. The minimum Gasteiger partial charge on any atom is -0.478 e. The second-order valence-corrected chi connectivity index (χ2v) is 6.52. The van der Waals surface area contributed by atoms with E-state index in [0.717, 1.165) is 10.0 Å². The number of hydrogen-bond donors (Lipinski definition) is 1. The van der Waals surface area contributed by atoms with Gasteiger partial charge in [0.15, 0.2) is 5.76 Å². The van der Waals surface area contributed by atoms with Crippen molar-refractivity contribution >= 4 is 32.8 Å². The van der Waals surface area contributed by atoms with Crippen molar-refractivity contribution in [1.82, 2.24) is 4.98 Å². The number of carbonyl (C=O) groups is 1. The fraction of sp³-hybridized carbons (Fsp3) is 0. The number of aromatic nitrogens is 1. The molecule has 0 amide bonds. The van der Waals surface area contributed by atoms with Gasteiger partial charge in [-0.05, 0) is 42.5 Å². The highest BCUT2D eigenvalue weighted by Gasteiger charge is 2.16. The number of nitrogens with zero attached hydrogens (tertiary/aromatic N) is 1. The highest BCUT2D eigenvalue weighted by molar-refractivity contribution is 9.10. The average Bonchev–Trinajstić information content (AvgIpc) is 3.11. The molecule has 2 aromatic heterocycles. The van der Waals surface area contributed by atoms with Crippen LogP contribution in [0.2, 0.25) is 0 Å². The van der Waals surface area contributed by atoms with Gasteiger partial charge in [0.2, 0.25) is 0 Å². The van der Waals surface area contributed by atoms with Crippen molar-refractivity contribution in [3.63, 3.8) is 0 Å². The SMILES string of the molecule is O=C(O)c1cc(-c2ccc(-c3ccccc3Br)o2)nc2ccc(F)cc12. The predicted molar refractivity (Wildman–Crippen MR) is 99.5 cm³/mol. The molecule has 0 bridgehead atoms. The van der Waals surface area contributed by atoms with Crippen LogP contribution in [-0.2, 0) is 0 Å². The maximum Gasteiger partial charge on any atom is 0.336 e. The number of pyridine rings is 1. The number of rotatable bonds is 3. The molecule has 0 saturated heterocycles. The van der Waals surface area contributed by atoms with Crippen LogP contribution in [0.25, 0.3) is 33.7 Å². The standard InChI is InChI=1S/C20H11BrFNO3/c21-15-4-2-1-3-12(15)18-7-8-19(26-18)17-10-14(20(24)25)13-9-11(22)5-6-16(13)23-17/h1-10H,(H,24,25). The van der Waals surface area contributed by atoms with Gasteiger partial charge in [-0.25, -0.2) is 14.2 Å². The summed E-state index contributed by atoms with van der Waals surface area (Å²) < 4.78 is 20.3. The van der Waals surface area contributed by atoms with E-state index in [1.807, 2.05) is 24.3 Å². The van der Waals surface area contributed by atoms with E-state index in [9.17, 15) is 14.3 Å².